The van der Waals surface area contributed by atoms with Crippen molar-refractivity contribution in [3.05, 3.63) is 24.7 Å². The Bertz CT molecular complexity index is 205. The van der Waals surface area contributed by atoms with Crippen molar-refractivity contribution in [1.29, 1.82) is 0 Å². The highest BCUT2D eigenvalue weighted by molar-refractivity contribution is 5.80. The SMILES string of the molecule is CC(=O)C1CCCO1.c1ccoc1. The molecular formula is C10H14O3. The number of hydrogen-bond acceptors (Lipinski definition) is 3. The van der Waals surface area contributed by atoms with Crippen LogP contribution in [0.2, 0.25) is 0 Å². The molecule has 2 heterocycles. The molecule has 1 fully saturated rings. The molecule has 1 aromatic heterocycles. The van der Waals surface area contributed by atoms with Gasteiger partial charge in [0.2, 0.25) is 0 Å². The summed E-state index contributed by atoms with van der Waals surface area (Å²) in [5.41, 5.74) is 0. The molecule has 0 amide bonds. The summed E-state index contributed by atoms with van der Waals surface area (Å²) < 4.78 is 9.65. The van der Waals surface area contributed by atoms with Gasteiger partial charge in [0, 0.05) is 6.61 Å². The van der Waals surface area contributed by atoms with Crippen molar-refractivity contribution in [3.63, 3.8) is 0 Å². The minimum absolute atomic E-state index is 0.0741. The summed E-state index contributed by atoms with van der Waals surface area (Å²) in [6.07, 6.45) is 5.15. The molecule has 1 unspecified atom stereocenters. The van der Waals surface area contributed by atoms with Crippen LogP contribution in [0.25, 0.3) is 0 Å². The van der Waals surface area contributed by atoms with Crippen LogP contribution < -0.4 is 0 Å². The molecule has 0 saturated carbocycles. The number of ketones is 1. The summed E-state index contributed by atoms with van der Waals surface area (Å²) in [5, 5.41) is 0. The van der Waals surface area contributed by atoms with Gasteiger partial charge in [-0.3, -0.25) is 4.79 Å². The monoisotopic (exact) mass is 182 g/mol. The quantitative estimate of drug-likeness (QED) is 0.667. The van der Waals surface area contributed by atoms with Crippen LogP contribution in [0, 0.1) is 0 Å². The van der Waals surface area contributed by atoms with Gasteiger partial charge in [-0.05, 0) is 31.9 Å². The van der Waals surface area contributed by atoms with E-state index in [9.17, 15) is 4.79 Å². The maximum absolute atomic E-state index is 10.5. The molecule has 0 spiro atoms. The normalized spacial score (nSPS) is 20.5. The minimum Gasteiger partial charge on any atom is -0.473 e. The Kier molecular flexibility index (Phi) is 4.26. The number of furan rings is 1. The third kappa shape index (κ3) is 3.90. The van der Waals surface area contributed by atoms with Gasteiger partial charge in [-0.25, -0.2) is 0 Å². The molecule has 0 aliphatic carbocycles. The van der Waals surface area contributed by atoms with Gasteiger partial charge in [0.1, 0.15) is 6.10 Å². The highest BCUT2D eigenvalue weighted by atomic mass is 16.5. The van der Waals surface area contributed by atoms with Gasteiger partial charge in [-0.2, -0.15) is 0 Å². The first-order chi connectivity index (χ1) is 6.30. The average molecular weight is 182 g/mol. The lowest BCUT2D eigenvalue weighted by atomic mass is 10.2. The van der Waals surface area contributed by atoms with Crippen molar-refractivity contribution >= 4 is 5.78 Å². The van der Waals surface area contributed by atoms with Crippen LogP contribution in [0.5, 0.6) is 0 Å². The Hall–Kier alpha value is -1.09. The van der Waals surface area contributed by atoms with Gasteiger partial charge in [-0.15, -0.1) is 0 Å². The van der Waals surface area contributed by atoms with Crippen molar-refractivity contribution in [3.8, 4) is 0 Å². The van der Waals surface area contributed by atoms with Gasteiger partial charge >= 0.3 is 0 Å². The zero-order chi connectivity index (χ0) is 9.52. The molecule has 2 rings (SSSR count). The highest BCUT2D eigenvalue weighted by Crippen LogP contribution is 2.11. The first-order valence-corrected chi connectivity index (χ1v) is 4.40. The van der Waals surface area contributed by atoms with Crippen molar-refractivity contribution in [1.82, 2.24) is 0 Å². The van der Waals surface area contributed by atoms with Gasteiger partial charge in [0.25, 0.3) is 0 Å². The first kappa shape index (κ1) is 9.99. The summed E-state index contributed by atoms with van der Waals surface area (Å²) in [4.78, 5) is 10.5. The lowest BCUT2D eigenvalue weighted by Crippen LogP contribution is -2.14. The fourth-order valence-electron chi connectivity index (χ4n) is 1.13. The van der Waals surface area contributed by atoms with Gasteiger partial charge in [-0.1, -0.05) is 0 Å². The molecule has 1 saturated heterocycles. The number of carbonyl (C=O) groups excluding carboxylic acids is 1. The smallest absolute Gasteiger partial charge is 0.158 e. The Morgan fingerprint density at radius 1 is 1.38 bits per heavy atom. The first-order valence-electron chi connectivity index (χ1n) is 4.40. The average Bonchev–Trinajstić information content (AvgIpc) is 2.82. The van der Waals surface area contributed by atoms with E-state index in [1.807, 2.05) is 12.1 Å². The van der Waals surface area contributed by atoms with Crippen LogP contribution in [0.3, 0.4) is 0 Å². The summed E-state index contributed by atoms with van der Waals surface area (Å²) >= 11 is 0. The van der Waals surface area contributed by atoms with E-state index in [0.29, 0.717) is 0 Å². The van der Waals surface area contributed by atoms with E-state index in [-0.39, 0.29) is 11.9 Å². The van der Waals surface area contributed by atoms with Crippen LogP contribution >= 0.6 is 0 Å². The zero-order valence-corrected chi connectivity index (χ0v) is 7.73. The van der Waals surface area contributed by atoms with E-state index in [1.54, 1.807) is 19.5 Å². The second kappa shape index (κ2) is 5.54. The molecule has 1 aromatic rings. The summed E-state index contributed by atoms with van der Waals surface area (Å²) in [6.45, 7) is 2.35. The van der Waals surface area contributed by atoms with E-state index >= 15 is 0 Å². The Balaban J connectivity index is 0.000000145. The molecule has 0 radical (unpaired) electrons. The predicted molar refractivity (Wildman–Crippen MR) is 48.4 cm³/mol. The fraction of sp³-hybridized carbons (Fsp3) is 0.500. The molecule has 0 N–H and O–H groups in total. The van der Waals surface area contributed by atoms with Crippen molar-refractivity contribution in [2.75, 3.05) is 6.61 Å². The third-order valence-electron chi connectivity index (χ3n) is 1.81. The number of rotatable bonds is 1. The standard InChI is InChI=1S/C6H10O2.C4H4O/c1-5(7)6-3-2-4-8-6;1-2-4-5-3-1/h6H,2-4H2,1H3;1-4H. The lowest BCUT2D eigenvalue weighted by molar-refractivity contribution is -0.125. The summed E-state index contributed by atoms with van der Waals surface area (Å²) in [6, 6.07) is 3.67. The molecule has 13 heavy (non-hydrogen) atoms. The summed E-state index contributed by atoms with van der Waals surface area (Å²) in [7, 11) is 0. The van der Waals surface area contributed by atoms with Crippen LogP contribution in [0.15, 0.2) is 29.1 Å². The molecular weight excluding hydrogens is 168 g/mol. The fourth-order valence-corrected chi connectivity index (χ4v) is 1.13. The molecule has 3 nitrogen and oxygen atoms in total. The van der Waals surface area contributed by atoms with Crippen molar-refractivity contribution in [2.45, 2.75) is 25.9 Å². The topological polar surface area (TPSA) is 39.4 Å². The largest absolute Gasteiger partial charge is 0.473 e. The number of hydrogen-bond donors (Lipinski definition) is 0. The van der Waals surface area contributed by atoms with E-state index in [0.717, 1.165) is 19.4 Å². The molecule has 1 atom stereocenters. The molecule has 0 aromatic carbocycles. The van der Waals surface area contributed by atoms with Gasteiger partial charge in [0.05, 0.1) is 12.5 Å². The third-order valence-corrected chi connectivity index (χ3v) is 1.81. The van der Waals surface area contributed by atoms with Crippen LogP contribution in [0.1, 0.15) is 19.8 Å². The van der Waals surface area contributed by atoms with E-state index < -0.39 is 0 Å². The molecule has 3 heteroatoms. The van der Waals surface area contributed by atoms with Gasteiger partial charge in [0.15, 0.2) is 5.78 Å². The second-order valence-electron chi connectivity index (χ2n) is 2.91. The van der Waals surface area contributed by atoms with Crippen LogP contribution in [-0.4, -0.2) is 18.5 Å². The van der Waals surface area contributed by atoms with Crippen LogP contribution in [-0.2, 0) is 9.53 Å². The molecule has 1 aliphatic heterocycles. The zero-order valence-electron chi connectivity index (χ0n) is 7.73. The Morgan fingerprint density at radius 3 is 2.31 bits per heavy atom. The Morgan fingerprint density at radius 2 is 2.08 bits per heavy atom. The summed E-state index contributed by atoms with van der Waals surface area (Å²) in [5.74, 6) is 0.169. The lowest BCUT2D eigenvalue weighted by Gasteiger charge is -2.00. The van der Waals surface area contributed by atoms with E-state index in [1.165, 1.54) is 0 Å². The van der Waals surface area contributed by atoms with Crippen molar-refractivity contribution in [2.24, 2.45) is 0 Å². The molecule has 1 aliphatic rings. The maximum atomic E-state index is 10.5. The minimum atomic E-state index is -0.0741. The molecule has 72 valence electrons. The maximum Gasteiger partial charge on any atom is 0.158 e. The van der Waals surface area contributed by atoms with Crippen molar-refractivity contribution < 1.29 is 13.9 Å². The van der Waals surface area contributed by atoms with E-state index in [4.69, 9.17) is 4.74 Å². The number of carbonyl (C=O) groups is 1. The molecule has 0 bridgehead atoms. The van der Waals surface area contributed by atoms with Gasteiger partial charge < -0.3 is 9.15 Å². The predicted octanol–water partition coefficient (Wildman–Crippen LogP) is 2.03. The Labute approximate surface area is 77.7 Å². The number of Topliss-reactive ketones (excluding diaryl/α,β-unsaturated/α-hetero) is 1. The highest BCUT2D eigenvalue weighted by Gasteiger charge is 2.18. The second-order valence-corrected chi connectivity index (χ2v) is 2.91. The van der Waals surface area contributed by atoms with Crippen LogP contribution in [0.4, 0.5) is 0 Å². The number of ether oxygens (including phenoxy) is 1. The van der Waals surface area contributed by atoms with E-state index in [2.05, 4.69) is 4.42 Å².